The van der Waals surface area contributed by atoms with Crippen LogP contribution in [-0.2, 0) is 9.59 Å². The van der Waals surface area contributed by atoms with Gasteiger partial charge >= 0.3 is 17.2 Å². The number of carbonyl (C=O) groups is 4. The van der Waals surface area contributed by atoms with E-state index in [0.29, 0.717) is 11.8 Å². The normalized spacial score (nSPS) is 11.3. The largest absolute Gasteiger partial charge is 0.480 e. The number of benzene rings is 1. The molecule has 0 saturated heterocycles. The number of hydrogen-bond donors (Lipinski definition) is 3. The van der Waals surface area contributed by atoms with Crippen LogP contribution in [0.2, 0.25) is 0 Å². The Morgan fingerprint density at radius 3 is 2.41 bits per heavy atom. The summed E-state index contributed by atoms with van der Waals surface area (Å²) in [5.74, 6) is -3.48. The third kappa shape index (κ3) is 5.44. The molecule has 8 nitrogen and oxygen atoms in total. The molecular weight excluding hydrogens is 314 g/mol. The number of rotatable bonds is 6. The first kappa shape index (κ1) is 17.5. The molecule has 0 spiro atoms. The Morgan fingerprint density at radius 2 is 1.86 bits per heavy atom. The van der Waals surface area contributed by atoms with E-state index in [2.05, 4.69) is 5.32 Å². The fraction of sp³-hybridized carbons (Fsp3) is 0.231. The predicted octanol–water partition coefficient (Wildman–Crippen LogP) is 1.21. The van der Waals surface area contributed by atoms with Gasteiger partial charge in [-0.25, -0.2) is 14.4 Å². The number of nitrogens with one attached hydrogen (secondary N) is 1. The fourth-order valence-electron chi connectivity index (χ4n) is 1.42. The number of ether oxygens (including phenoxy) is 1. The Hall–Kier alpha value is -2.55. The lowest BCUT2D eigenvalue weighted by Crippen LogP contribution is -2.41. The molecule has 3 N–H and O–H groups in total. The smallest absolute Gasteiger partial charge is 0.372 e. The summed E-state index contributed by atoms with van der Waals surface area (Å²) < 4.78 is 4.88. The number of carbonyl (C=O) groups excluding carboxylic acids is 2. The van der Waals surface area contributed by atoms with Gasteiger partial charge < -0.3 is 20.3 Å². The summed E-state index contributed by atoms with van der Waals surface area (Å²) in [6.45, 7) is 1.15. The molecule has 1 unspecified atom stereocenters. The molecule has 0 fully saturated rings. The van der Waals surface area contributed by atoms with E-state index in [1.54, 1.807) is 0 Å². The van der Waals surface area contributed by atoms with Gasteiger partial charge in [0.25, 0.3) is 0 Å². The number of carboxylic acid groups (broad SMARTS) is 2. The van der Waals surface area contributed by atoms with Crippen LogP contribution in [0.15, 0.2) is 24.3 Å². The van der Waals surface area contributed by atoms with E-state index < -0.39 is 29.2 Å². The lowest BCUT2D eigenvalue weighted by atomic mass is 10.2. The number of aliphatic carboxylic acids is 1. The maximum Gasteiger partial charge on any atom is 0.372 e. The van der Waals surface area contributed by atoms with Gasteiger partial charge in [0.05, 0.1) is 0 Å². The van der Waals surface area contributed by atoms with Gasteiger partial charge in [-0.2, -0.15) is 0 Å². The number of amides is 1. The van der Waals surface area contributed by atoms with Crippen LogP contribution in [0.1, 0.15) is 17.3 Å². The van der Waals surface area contributed by atoms with Crippen LogP contribution >= 0.6 is 11.8 Å². The molecule has 1 rings (SSSR count). The van der Waals surface area contributed by atoms with Crippen molar-refractivity contribution >= 4 is 34.9 Å². The summed E-state index contributed by atoms with van der Waals surface area (Å²) in [6.07, 6.45) is 0. The van der Waals surface area contributed by atoms with Crippen molar-refractivity contribution < 1.29 is 34.1 Å². The predicted molar refractivity (Wildman–Crippen MR) is 77.1 cm³/mol. The van der Waals surface area contributed by atoms with Crippen LogP contribution in [0.25, 0.3) is 0 Å². The summed E-state index contributed by atoms with van der Waals surface area (Å²) in [4.78, 5) is 44.3. The second-order valence-electron chi connectivity index (χ2n) is 4.06. The van der Waals surface area contributed by atoms with Crippen molar-refractivity contribution in [2.45, 2.75) is 13.0 Å². The van der Waals surface area contributed by atoms with Crippen LogP contribution in [0, 0.1) is 0 Å². The number of para-hydroxylation sites is 1. The van der Waals surface area contributed by atoms with Crippen LogP contribution in [-0.4, -0.2) is 45.2 Å². The van der Waals surface area contributed by atoms with E-state index in [0.717, 1.165) is 6.92 Å². The van der Waals surface area contributed by atoms with E-state index in [-0.39, 0.29) is 17.1 Å². The summed E-state index contributed by atoms with van der Waals surface area (Å²) in [5, 5.41) is 19.1. The van der Waals surface area contributed by atoms with E-state index in [1.807, 2.05) is 0 Å². The Balaban J connectivity index is 2.65. The minimum Gasteiger partial charge on any atom is -0.480 e. The first-order valence-corrected chi connectivity index (χ1v) is 6.96. The van der Waals surface area contributed by atoms with Crippen LogP contribution < -0.4 is 10.1 Å². The molecule has 1 aromatic rings. The highest BCUT2D eigenvalue weighted by atomic mass is 32.2. The van der Waals surface area contributed by atoms with Gasteiger partial charge in [-0.15, -0.1) is 0 Å². The highest BCUT2D eigenvalue weighted by Crippen LogP contribution is 2.20. The lowest BCUT2D eigenvalue weighted by Gasteiger charge is -2.12. The second-order valence-corrected chi connectivity index (χ2v) is 5.01. The molecule has 0 aliphatic heterocycles. The lowest BCUT2D eigenvalue weighted by molar-refractivity contribution is -0.140. The van der Waals surface area contributed by atoms with Gasteiger partial charge in [0.2, 0.25) is 5.91 Å². The second kappa shape index (κ2) is 8.03. The summed E-state index contributed by atoms with van der Waals surface area (Å²) in [7, 11) is 0. The Bertz CT molecular complexity index is 602. The average Bonchev–Trinajstić information content (AvgIpc) is 2.43. The minimum atomic E-state index is -1.29. The topological polar surface area (TPSA) is 130 Å². The van der Waals surface area contributed by atoms with E-state index in [1.165, 1.54) is 24.3 Å². The van der Waals surface area contributed by atoms with Crippen molar-refractivity contribution in [1.29, 1.82) is 0 Å². The summed E-state index contributed by atoms with van der Waals surface area (Å²) in [5.41, 5.74) is -0.187. The van der Waals surface area contributed by atoms with Crippen molar-refractivity contribution in [2.75, 3.05) is 5.75 Å². The average molecular weight is 327 g/mol. The molecule has 0 heterocycles. The van der Waals surface area contributed by atoms with Crippen molar-refractivity contribution in [3.8, 4) is 5.75 Å². The van der Waals surface area contributed by atoms with Crippen LogP contribution in [0.4, 0.5) is 4.79 Å². The molecule has 1 amide bonds. The van der Waals surface area contributed by atoms with Gasteiger partial charge in [0, 0.05) is 12.7 Å². The van der Waals surface area contributed by atoms with Crippen molar-refractivity contribution in [1.82, 2.24) is 5.32 Å². The standard InChI is InChI=1S/C13H13NO7S/c1-7(15)14-9(12(18)19)6-22-13(20)21-10-5-3-2-4-8(10)11(16)17/h2-5,9H,6H2,1H3,(H,14,15)(H,16,17)(H,18,19). The highest BCUT2D eigenvalue weighted by molar-refractivity contribution is 8.13. The van der Waals surface area contributed by atoms with Gasteiger partial charge in [0.15, 0.2) is 0 Å². The van der Waals surface area contributed by atoms with Crippen LogP contribution in [0.3, 0.4) is 0 Å². The minimum absolute atomic E-state index is 0.140. The van der Waals surface area contributed by atoms with Crippen molar-refractivity contribution in [3.05, 3.63) is 29.8 Å². The molecule has 0 radical (unpaired) electrons. The summed E-state index contributed by atoms with van der Waals surface area (Å²) in [6, 6.07) is 4.31. The first-order chi connectivity index (χ1) is 10.3. The molecule has 0 aliphatic carbocycles. The van der Waals surface area contributed by atoms with Gasteiger partial charge in [-0.3, -0.25) is 4.79 Å². The number of aromatic carboxylic acids is 1. The molecule has 1 aromatic carbocycles. The number of thioether (sulfide) groups is 1. The highest BCUT2D eigenvalue weighted by Gasteiger charge is 2.21. The molecule has 118 valence electrons. The van der Waals surface area contributed by atoms with E-state index >= 15 is 0 Å². The number of carboxylic acids is 2. The van der Waals surface area contributed by atoms with Crippen LogP contribution in [0.5, 0.6) is 5.75 Å². The molecule has 22 heavy (non-hydrogen) atoms. The molecular formula is C13H13NO7S. The maximum atomic E-state index is 11.6. The van der Waals surface area contributed by atoms with Gasteiger partial charge in [-0.1, -0.05) is 12.1 Å². The Labute approximate surface area is 129 Å². The zero-order chi connectivity index (χ0) is 16.7. The van der Waals surface area contributed by atoms with Crippen molar-refractivity contribution in [2.24, 2.45) is 0 Å². The molecule has 1 atom stereocenters. The quantitative estimate of drug-likeness (QED) is 0.665. The monoisotopic (exact) mass is 327 g/mol. The Kier molecular flexibility index (Phi) is 6.39. The first-order valence-electron chi connectivity index (χ1n) is 5.98. The third-order valence-corrected chi connectivity index (χ3v) is 3.17. The Morgan fingerprint density at radius 1 is 1.23 bits per heavy atom. The third-order valence-electron chi connectivity index (χ3n) is 2.35. The molecule has 0 saturated carbocycles. The maximum absolute atomic E-state index is 11.6. The molecule has 0 aliphatic rings. The van der Waals surface area contributed by atoms with E-state index in [4.69, 9.17) is 14.9 Å². The molecule has 0 aromatic heterocycles. The summed E-state index contributed by atoms with van der Waals surface area (Å²) >= 11 is 0.520. The zero-order valence-corrected chi connectivity index (χ0v) is 12.3. The number of hydrogen-bond acceptors (Lipinski definition) is 6. The molecule has 9 heteroatoms. The SMILES string of the molecule is CC(=O)NC(CSC(=O)Oc1ccccc1C(=O)O)C(=O)O. The molecule has 0 bridgehead atoms. The zero-order valence-electron chi connectivity index (χ0n) is 11.4. The fourth-order valence-corrected chi connectivity index (χ4v) is 2.10. The van der Waals surface area contributed by atoms with Crippen molar-refractivity contribution in [3.63, 3.8) is 0 Å². The van der Waals surface area contributed by atoms with Gasteiger partial charge in [-0.05, 0) is 23.9 Å². The van der Waals surface area contributed by atoms with Gasteiger partial charge in [0.1, 0.15) is 17.4 Å². The van der Waals surface area contributed by atoms with E-state index in [9.17, 15) is 19.2 Å².